The van der Waals surface area contributed by atoms with Crippen molar-refractivity contribution in [2.24, 2.45) is 0 Å². The average Bonchev–Trinajstić information content (AvgIpc) is 2.47. The summed E-state index contributed by atoms with van der Waals surface area (Å²) in [6.45, 7) is 4.46. The molecule has 0 saturated heterocycles. The highest BCUT2D eigenvalue weighted by Crippen LogP contribution is 2.29. The van der Waals surface area contributed by atoms with Gasteiger partial charge in [0.05, 0.1) is 0 Å². The number of hydrogen-bond acceptors (Lipinski definition) is 0. The Morgan fingerprint density at radius 1 is 0.895 bits per heavy atom. The van der Waals surface area contributed by atoms with Gasteiger partial charge < -0.3 is 0 Å². The molecule has 0 amide bonds. The molecule has 1 heteroatoms. The van der Waals surface area contributed by atoms with Crippen molar-refractivity contribution < 1.29 is 0 Å². The van der Waals surface area contributed by atoms with E-state index in [0.717, 1.165) is 19.3 Å². The molecule has 100 valence electrons. The van der Waals surface area contributed by atoms with E-state index < -0.39 is 0 Å². The topological polar surface area (TPSA) is 0 Å². The Kier molecular flexibility index (Phi) is 5.21. The van der Waals surface area contributed by atoms with Crippen LogP contribution in [0.15, 0.2) is 48.5 Å². The summed E-state index contributed by atoms with van der Waals surface area (Å²) < 4.78 is 0. The number of aryl methyl sites for hydroxylation is 2. The summed E-state index contributed by atoms with van der Waals surface area (Å²) in [5.74, 6) is 0. The first-order valence-electron chi connectivity index (χ1n) is 7.04. The van der Waals surface area contributed by atoms with Crippen molar-refractivity contribution in [2.45, 2.75) is 37.9 Å². The van der Waals surface area contributed by atoms with E-state index in [1.54, 1.807) is 0 Å². The van der Waals surface area contributed by atoms with Crippen molar-refractivity contribution in [3.8, 4) is 0 Å². The first kappa shape index (κ1) is 14.3. The van der Waals surface area contributed by atoms with E-state index in [2.05, 4.69) is 78.3 Å². The van der Waals surface area contributed by atoms with Crippen LogP contribution in [0.2, 0.25) is 0 Å². The minimum Gasteiger partial charge on any atom is -0.0835 e. The van der Waals surface area contributed by atoms with E-state index in [-0.39, 0.29) is 0 Å². The van der Waals surface area contributed by atoms with Crippen LogP contribution >= 0.6 is 15.9 Å². The van der Waals surface area contributed by atoms with E-state index in [1.807, 2.05) is 0 Å². The van der Waals surface area contributed by atoms with Crippen molar-refractivity contribution in [1.82, 2.24) is 0 Å². The van der Waals surface area contributed by atoms with Gasteiger partial charge in [-0.3, -0.25) is 0 Å². The molecule has 0 aromatic heterocycles. The van der Waals surface area contributed by atoms with Crippen molar-refractivity contribution in [3.63, 3.8) is 0 Å². The molecule has 0 aliphatic heterocycles. The highest BCUT2D eigenvalue weighted by Gasteiger charge is 2.10. The van der Waals surface area contributed by atoms with Crippen LogP contribution in [0.4, 0.5) is 0 Å². The molecule has 0 fully saturated rings. The normalized spacial score (nSPS) is 12.4. The van der Waals surface area contributed by atoms with E-state index >= 15 is 0 Å². The summed E-state index contributed by atoms with van der Waals surface area (Å²) >= 11 is 3.83. The van der Waals surface area contributed by atoms with Crippen LogP contribution in [-0.4, -0.2) is 0 Å². The van der Waals surface area contributed by atoms with E-state index in [1.165, 1.54) is 22.3 Å². The lowest BCUT2D eigenvalue weighted by atomic mass is 9.97. The predicted molar refractivity (Wildman–Crippen MR) is 87.0 cm³/mol. The monoisotopic (exact) mass is 316 g/mol. The molecule has 0 N–H and O–H groups in total. The number of alkyl halides is 1. The summed E-state index contributed by atoms with van der Waals surface area (Å²) in [7, 11) is 0. The van der Waals surface area contributed by atoms with Gasteiger partial charge in [0.1, 0.15) is 0 Å². The predicted octanol–water partition coefficient (Wildman–Crippen LogP) is 5.49. The fourth-order valence-electron chi connectivity index (χ4n) is 2.45. The molecule has 0 aliphatic carbocycles. The van der Waals surface area contributed by atoms with Gasteiger partial charge in [-0.25, -0.2) is 0 Å². The highest BCUT2D eigenvalue weighted by molar-refractivity contribution is 9.09. The molecular formula is C18H21Br. The van der Waals surface area contributed by atoms with Gasteiger partial charge in [0, 0.05) is 4.83 Å². The fraction of sp³-hybridized carbons (Fsp3) is 0.333. The van der Waals surface area contributed by atoms with Gasteiger partial charge in [0.2, 0.25) is 0 Å². The molecule has 1 unspecified atom stereocenters. The van der Waals surface area contributed by atoms with Crippen LogP contribution in [-0.2, 0) is 19.3 Å². The highest BCUT2D eigenvalue weighted by atomic mass is 79.9. The van der Waals surface area contributed by atoms with Gasteiger partial charge in [-0.05, 0) is 41.5 Å². The van der Waals surface area contributed by atoms with Gasteiger partial charge in [-0.1, -0.05) is 78.3 Å². The zero-order valence-corrected chi connectivity index (χ0v) is 13.3. The number of hydrogen-bond donors (Lipinski definition) is 0. The Morgan fingerprint density at radius 2 is 1.58 bits per heavy atom. The van der Waals surface area contributed by atoms with E-state index in [0.29, 0.717) is 4.83 Å². The zero-order valence-electron chi connectivity index (χ0n) is 11.7. The maximum Gasteiger partial charge on any atom is 0.0435 e. The molecule has 0 bridgehead atoms. The minimum atomic E-state index is 0.395. The lowest BCUT2D eigenvalue weighted by Crippen LogP contribution is -1.99. The maximum atomic E-state index is 3.83. The second kappa shape index (κ2) is 6.91. The lowest BCUT2D eigenvalue weighted by Gasteiger charge is -2.14. The van der Waals surface area contributed by atoms with E-state index in [9.17, 15) is 0 Å². The second-order valence-corrected chi connectivity index (χ2v) is 6.00. The van der Waals surface area contributed by atoms with E-state index in [4.69, 9.17) is 0 Å². The fourth-order valence-corrected chi connectivity index (χ4v) is 3.11. The standard InChI is InChI=1S/C18H21Br/c1-3-15-10-11-17(13-16(15)4-2)18(19)12-14-8-6-5-7-9-14/h5-11,13,18H,3-4,12H2,1-2H3. The van der Waals surface area contributed by atoms with Crippen LogP contribution in [0.3, 0.4) is 0 Å². The third kappa shape index (κ3) is 3.70. The Bertz CT molecular complexity index is 516. The molecule has 2 aromatic rings. The van der Waals surface area contributed by atoms with Crippen LogP contribution in [0.1, 0.15) is 40.9 Å². The Morgan fingerprint density at radius 3 is 2.21 bits per heavy atom. The molecule has 2 rings (SSSR count). The maximum absolute atomic E-state index is 3.83. The molecule has 1 atom stereocenters. The van der Waals surface area contributed by atoms with Gasteiger partial charge in [-0.2, -0.15) is 0 Å². The second-order valence-electron chi connectivity index (χ2n) is 4.89. The SMILES string of the molecule is CCc1ccc(C(Br)Cc2ccccc2)cc1CC. The Hall–Kier alpha value is -1.08. The van der Waals surface area contributed by atoms with Crippen molar-refractivity contribution in [1.29, 1.82) is 0 Å². The van der Waals surface area contributed by atoms with Gasteiger partial charge in [0.25, 0.3) is 0 Å². The molecule has 0 saturated carbocycles. The molecule has 19 heavy (non-hydrogen) atoms. The quantitative estimate of drug-likeness (QED) is 0.640. The summed E-state index contributed by atoms with van der Waals surface area (Å²) in [6.07, 6.45) is 3.27. The summed E-state index contributed by atoms with van der Waals surface area (Å²) in [5.41, 5.74) is 5.73. The average molecular weight is 317 g/mol. The minimum absolute atomic E-state index is 0.395. The molecular weight excluding hydrogens is 296 g/mol. The van der Waals surface area contributed by atoms with Gasteiger partial charge >= 0.3 is 0 Å². The van der Waals surface area contributed by atoms with Crippen molar-refractivity contribution >= 4 is 15.9 Å². The van der Waals surface area contributed by atoms with Crippen molar-refractivity contribution in [3.05, 3.63) is 70.8 Å². The molecule has 2 aromatic carbocycles. The number of benzene rings is 2. The lowest BCUT2D eigenvalue weighted by molar-refractivity contribution is 0.934. The summed E-state index contributed by atoms with van der Waals surface area (Å²) in [4.78, 5) is 0.395. The Balaban J connectivity index is 2.17. The van der Waals surface area contributed by atoms with Gasteiger partial charge in [-0.15, -0.1) is 0 Å². The third-order valence-electron chi connectivity index (χ3n) is 3.61. The zero-order chi connectivity index (χ0) is 13.7. The van der Waals surface area contributed by atoms with Crippen LogP contribution < -0.4 is 0 Å². The summed E-state index contributed by atoms with van der Waals surface area (Å²) in [6, 6.07) is 17.6. The van der Waals surface area contributed by atoms with Crippen molar-refractivity contribution in [2.75, 3.05) is 0 Å². The first-order chi connectivity index (χ1) is 9.24. The molecule has 0 aliphatic rings. The largest absolute Gasteiger partial charge is 0.0835 e. The number of rotatable bonds is 5. The first-order valence-corrected chi connectivity index (χ1v) is 7.95. The van der Waals surface area contributed by atoms with Crippen LogP contribution in [0, 0.1) is 0 Å². The number of halogens is 1. The van der Waals surface area contributed by atoms with Crippen LogP contribution in [0.25, 0.3) is 0 Å². The molecule has 0 spiro atoms. The molecule has 0 heterocycles. The smallest absolute Gasteiger partial charge is 0.0435 e. The van der Waals surface area contributed by atoms with Crippen LogP contribution in [0.5, 0.6) is 0 Å². The molecule has 0 nitrogen and oxygen atoms in total. The summed E-state index contributed by atoms with van der Waals surface area (Å²) in [5, 5.41) is 0. The van der Waals surface area contributed by atoms with Gasteiger partial charge in [0.15, 0.2) is 0 Å². The Labute approximate surface area is 125 Å². The third-order valence-corrected chi connectivity index (χ3v) is 4.46. The molecule has 0 radical (unpaired) electrons.